The average Bonchev–Trinajstić information content (AvgIpc) is 2.70. The van der Waals surface area contributed by atoms with Crippen LogP contribution in [0, 0.1) is 0 Å². The highest BCUT2D eigenvalue weighted by Crippen LogP contribution is 2.08. The van der Waals surface area contributed by atoms with E-state index in [1.165, 1.54) is 0 Å². The molecule has 0 unspecified atom stereocenters. The van der Waals surface area contributed by atoms with Crippen LogP contribution in [0.2, 0.25) is 0 Å². The molecule has 9 nitrogen and oxygen atoms in total. The van der Waals surface area contributed by atoms with E-state index in [1.54, 1.807) is 19.0 Å². The second kappa shape index (κ2) is 13.5. The monoisotopic (exact) mass is 519 g/mol. The summed E-state index contributed by atoms with van der Waals surface area (Å²) in [6.07, 6.45) is 0. The molecule has 0 aromatic carbocycles. The summed E-state index contributed by atoms with van der Waals surface area (Å²) in [5.41, 5.74) is 0.874. The highest BCUT2D eigenvalue weighted by Gasteiger charge is 2.11. The second-order valence-corrected chi connectivity index (χ2v) is 7.07. The third-order valence-electron chi connectivity index (χ3n) is 4.38. The molecule has 1 aromatic rings. The largest absolute Gasteiger partial charge is 0.379 e. The van der Waals surface area contributed by atoms with E-state index in [2.05, 4.69) is 25.5 Å². The Bertz CT molecular complexity index is 649. The van der Waals surface area contributed by atoms with Gasteiger partial charge in [-0.25, -0.2) is 9.98 Å². The number of ether oxygens (including phenoxy) is 1. The maximum atomic E-state index is 11.9. The molecule has 1 aliphatic rings. The molecule has 0 aliphatic carbocycles. The number of aliphatic imine (C=N–C) groups is 1. The molecule has 1 aliphatic heterocycles. The Kier molecular flexibility index (Phi) is 11.9. The van der Waals surface area contributed by atoms with Gasteiger partial charge in [0.2, 0.25) is 5.91 Å². The molecule has 2 rings (SSSR count). The molecular weight excluding hydrogens is 485 g/mol. The van der Waals surface area contributed by atoms with E-state index in [4.69, 9.17) is 4.74 Å². The number of guanidine groups is 1. The Labute approximate surface area is 190 Å². The lowest BCUT2D eigenvalue weighted by Gasteiger charge is -2.26. The molecule has 29 heavy (non-hydrogen) atoms. The van der Waals surface area contributed by atoms with Crippen molar-refractivity contribution in [3.05, 3.63) is 23.9 Å². The standard InChI is InChI=1S/C19H33N7O2.HI/c1-24(2)17-7-5-6-16(23-17)14-21-19(22-15-18(27)25(3)4)20-8-9-26-10-12-28-13-11-26;/h5-7H,8-15H2,1-4H3,(H2,20,21,22);1H. The SMILES string of the molecule is CN(C)C(=O)CNC(=NCc1cccc(N(C)C)n1)NCCN1CCOCC1.I. The van der Waals surface area contributed by atoms with Gasteiger partial charge in [-0.05, 0) is 12.1 Å². The summed E-state index contributed by atoms with van der Waals surface area (Å²) in [5, 5.41) is 6.43. The summed E-state index contributed by atoms with van der Waals surface area (Å²) in [6.45, 7) is 5.73. The maximum Gasteiger partial charge on any atom is 0.241 e. The van der Waals surface area contributed by atoms with Crippen molar-refractivity contribution in [3.63, 3.8) is 0 Å². The van der Waals surface area contributed by atoms with Gasteiger partial charge in [0.05, 0.1) is 32.0 Å². The zero-order chi connectivity index (χ0) is 20.4. The number of morpholine rings is 1. The first kappa shape index (κ1) is 25.4. The van der Waals surface area contributed by atoms with E-state index >= 15 is 0 Å². The van der Waals surface area contributed by atoms with Crippen LogP contribution >= 0.6 is 24.0 Å². The van der Waals surface area contributed by atoms with Crippen LogP contribution in [0.5, 0.6) is 0 Å². The van der Waals surface area contributed by atoms with Gasteiger partial charge < -0.3 is 25.2 Å². The zero-order valence-corrected chi connectivity index (χ0v) is 20.2. The van der Waals surface area contributed by atoms with Crippen LogP contribution in [0.1, 0.15) is 5.69 Å². The number of likely N-dealkylation sites (N-methyl/N-ethyl adjacent to an activating group) is 1. The van der Waals surface area contributed by atoms with E-state index in [1.807, 2.05) is 37.2 Å². The van der Waals surface area contributed by atoms with Gasteiger partial charge in [-0.2, -0.15) is 0 Å². The van der Waals surface area contributed by atoms with Crippen LogP contribution in [0.15, 0.2) is 23.2 Å². The van der Waals surface area contributed by atoms with Crippen LogP contribution in [0.25, 0.3) is 0 Å². The minimum Gasteiger partial charge on any atom is -0.379 e. The fourth-order valence-corrected chi connectivity index (χ4v) is 2.61. The lowest BCUT2D eigenvalue weighted by Crippen LogP contribution is -2.46. The third-order valence-corrected chi connectivity index (χ3v) is 4.38. The van der Waals surface area contributed by atoms with Crippen LogP contribution in [-0.4, -0.2) is 101 Å². The maximum absolute atomic E-state index is 11.9. The summed E-state index contributed by atoms with van der Waals surface area (Å²) in [5.74, 6) is 1.50. The quantitative estimate of drug-likeness (QED) is 0.289. The van der Waals surface area contributed by atoms with Crippen molar-refractivity contribution in [2.75, 3.05) is 79.0 Å². The van der Waals surface area contributed by atoms with Gasteiger partial charge in [0.15, 0.2) is 5.96 Å². The van der Waals surface area contributed by atoms with Crippen molar-refractivity contribution in [3.8, 4) is 0 Å². The number of hydrogen-bond donors (Lipinski definition) is 2. The highest BCUT2D eigenvalue weighted by atomic mass is 127. The van der Waals surface area contributed by atoms with Crippen molar-refractivity contribution >= 4 is 41.7 Å². The van der Waals surface area contributed by atoms with Gasteiger partial charge in [0.25, 0.3) is 0 Å². The molecule has 1 fully saturated rings. The van der Waals surface area contributed by atoms with Crippen molar-refractivity contribution < 1.29 is 9.53 Å². The number of halogens is 1. The number of carbonyl (C=O) groups is 1. The first-order valence-electron chi connectivity index (χ1n) is 9.61. The van der Waals surface area contributed by atoms with Gasteiger partial charge >= 0.3 is 0 Å². The molecule has 1 amide bonds. The number of rotatable bonds is 8. The Morgan fingerprint density at radius 2 is 1.93 bits per heavy atom. The number of amides is 1. The summed E-state index contributed by atoms with van der Waals surface area (Å²) >= 11 is 0. The number of nitrogens with zero attached hydrogens (tertiary/aromatic N) is 5. The number of hydrogen-bond acceptors (Lipinski definition) is 6. The van der Waals surface area contributed by atoms with E-state index in [-0.39, 0.29) is 36.4 Å². The van der Waals surface area contributed by atoms with E-state index in [0.717, 1.165) is 50.9 Å². The molecular formula is C19H34IN7O2. The van der Waals surface area contributed by atoms with E-state index in [0.29, 0.717) is 12.5 Å². The van der Waals surface area contributed by atoms with Crippen molar-refractivity contribution in [1.82, 2.24) is 25.4 Å². The smallest absolute Gasteiger partial charge is 0.241 e. The van der Waals surface area contributed by atoms with Gasteiger partial charge in [0.1, 0.15) is 5.82 Å². The number of nitrogens with one attached hydrogen (secondary N) is 2. The molecule has 2 N–H and O–H groups in total. The van der Waals surface area contributed by atoms with E-state index < -0.39 is 0 Å². The number of pyridine rings is 1. The predicted molar refractivity (Wildman–Crippen MR) is 127 cm³/mol. The molecule has 0 saturated carbocycles. The van der Waals surface area contributed by atoms with Gasteiger partial charge in [-0.15, -0.1) is 24.0 Å². The molecule has 164 valence electrons. The lowest BCUT2D eigenvalue weighted by atomic mass is 10.3. The van der Waals surface area contributed by atoms with Gasteiger partial charge in [0, 0.05) is 54.4 Å². The lowest BCUT2D eigenvalue weighted by molar-refractivity contribution is -0.127. The minimum absolute atomic E-state index is 0. The number of carbonyl (C=O) groups excluding carboxylic acids is 1. The number of aromatic nitrogens is 1. The molecule has 0 spiro atoms. The first-order chi connectivity index (χ1) is 13.5. The number of anilines is 1. The van der Waals surface area contributed by atoms with Crippen LogP contribution in [-0.2, 0) is 16.1 Å². The van der Waals surface area contributed by atoms with Crippen molar-refractivity contribution in [2.24, 2.45) is 4.99 Å². The first-order valence-corrected chi connectivity index (χ1v) is 9.61. The molecule has 2 heterocycles. The second-order valence-electron chi connectivity index (χ2n) is 7.07. The molecule has 1 saturated heterocycles. The zero-order valence-electron chi connectivity index (χ0n) is 17.8. The van der Waals surface area contributed by atoms with Crippen LogP contribution < -0.4 is 15.5 Å². The molecule has 10 heteroatoms. The van der Waals surface area contributed by atoms with Crippen molar-refractivity contribution in [1.29, 1.82) is 0 Å². The Hall–Kier alpha value is -1.66. The minimum atomic E-state index is -0.00425. The summed E-state index contributed by atoms with van der Waals surface area (Å²) in [7, 11) is 7.40. The molecule has 0 bridgehead atoms. The van der Waals surface area contributed by atoms with E-state index in [9.17, 15) is 4.79 Å². The van der Waals surface area contributed by atoms with Crippen molar-refractivity contribution in [2.45, 2.75) is 6.54 Å². The summed E-state index contributed by atoms with van der Waals surface area (Å²) in [6, 6.07) is 5.89. The molecule has 0 radical (unpaired) electrons. The third kappa shape index (κ3) is 9.59. The van der Waals surface area contributed by atoms with Crippen LogP contribution in [0.4, 0.5) is 5.82 Å². The highest BCUT2D eigenvalue weighted by molar-refractivity contribution is 14.0. The predicted octanol–water partition coefficient (Wildman–Crippen LogP) is 0.221. The molecule has 1 aromatic heterocycles. The summed E-state index contributed by atoms with van der Waals surface area (Å²) in [4.78, 5) is 27.0. The fraction of sp³-hybridized carbons (Fsp3) is 0.632. The topological polar surface area (TPSA) is 85.3 Å². The summed E-state index contributed by atoms with van der Waals surface area (Å²) < 4.78 is 5.38. The Morgan fingerprint density at radius 3 is 2.59 bits per heavy atom. The van der Waals surface area contributed by atoms with Gasteiger partial charge in [-0.3, -0.25) is 9.69 Å². The Balaban J connectivity index is 0.00000420. The Morgan fingerprint density at radius 1 is 1.21 bits per heavy atom. The van der Waals surface area contributed by atoms with Gasteiger partial charge in [-0.1, -0.05) is 6.07 Å². The molecule has 0 atom stereocenters. The van der Waals surface area contributed by atoms with Crippen LogP contribution in [0.3, 0.4) is 0 Å². The normalized spacial score (nSPS) is 14.7. The average molecular weight is 519 g/mol. The fourth-order valence-electron chi connectivity index (χ4n) is 2.61.